The van der Waals surface area contributed by atoms with Crippen LogP contribution in [-0.2, 0) is 18.3 Å². The minimum absolute atomic E-state index is 0.187. The summed E-state index contributed by atoms with van der Waals surface area (Å²) < 4.78 is 2.17. The quantitative estimate of drug-likeness (QED) is 0.715. The predicted octanol–water partition coefficient (Wildman–Crippen LogP) is 1.25. The van der Waals surface area contributed by atoms with Crippen molar-refractivity contribution < 1.29 is 9.90 Å². The first-order valence-electron chi connectivity index (χ1n) is 5.56. The second kappa shape index (κ2) is 5.70. The summed E-state index contributed by atoms with van der Waals surface area (Å²) in [6.07, 6.45) is 1.14. The number of nitrogens with one attached hydrogen (secondary N) is 1. The molecule has 0 amide bonds. The van der Waals surface area contributed by atoms with E-state index in [4.69, 9.17) is 5.11 Å². The van der Waals surface area contributed by atoms with Crippen molar-refractivity contribution in [3.63, 3.8) is 0 Å². The molecule has 0 unspecified atom stereocenters. The summed E-state index contributed by atoms with van der Waals surface area (Å²) in [5.41, 5.74) is 3.89. The van der Waals surface area contributed by atoms with Crippen molar-refractivity contribution in [2.24, 2.45) is 7.05 Å². The van der Waals surface area contributed by atoms with Gasteiger partial charge in [-0.25, -0.2) is 0 Å². The van der Waals surface area contributed by atoms with E-state index in [1.807, 2.05) is 0 Å². The molecule has 4 nitrogen and oxygen atoms in total. The second-order valence-corrected chi connectivity index (χ2v) is 4.10. The van der Waals surface area contributed by atoms with Crippen molar-refractivity contribution in [2.75, 3.05) is 13.1 Å². The Balaban J connectivity index is 2.32. The van der Waals surface area contributed by atoms with Gasteiger partial charge in [0.2, 0.25) is 0 Å². The number of rotatable bonds is 6. The van der Waals surface area contributed by atoms with Gasteiger partial charge in [0.25, 0.3) is 0 Å². The fourth-order valence-corrected chi connectivity index (χ4v) is 1.73. The van der Waals surface area contributed by atoms with Gasteiger partial charge in [0.1, 0.15) is 0 Å². The minimum atomic E-state index is -0.751. The highest BCUT2D eigenvalue weighted by Gasteiger charge is 2.05. The molecule has 1 heterocycles. The maximum atomic E-state index is 10.3. The lowest BCUT2D eigenvalue weighted by molar-refractivity contribution is -0.136. The van der Waals surface area contributed by atoms with E-state index in [9.17, 15) is 4.79 Å². The van der Waals surface area contributed by atoms with Crippen LogP contribution in [-0.4, -0.2) is 28.7 Å². The Hall–Kier alpha value is -1.29. The number of carbonyl (C=O) groups is 1. The molecule has 2 N–H and O–H groups in total. The number of aryl methyl sites for hydroxylation is 1. The monoisotopic (exact) mass is 224 g/mol. The number of aliphatic carboxylic acids is 1. The highest BCUT2D eigenvalue weighted by Crippen LogP contribution is 2.13. The summed E-state index contributed by atoms with van der Waals surface area (Å²) >= 11 is 0. The largest absolute Gasteiger partial charge is 0.481 e. The molecule has 0 saturated carbocycles. The number of nitrogens with zero attached hydrogens (tertiary/aromatic N) is 1. The predicted molar refractivity (Wildman–Crippen MR) is 63.7 cm³/mol. The van der Waals surface area contributed by atoms with Gasteiger partial charge in [-0.15, -0.1) is 0 Å². The van der Waals surface area contributed by atoms with Gasteiger partial charge in [-0.1, -0.05) is 0 Å². The molecule has 0 aromatic carbocycles. The van der Waals surface area contributed by atoms with Crippen LogP contribution < -0.4 is 5.32 Å². The molecular formula is C12H20N2O2. The molecule has 90 valence electrons. The third-order valence-corrected chi connectivity index (χ3v) is 2.97. The topological polar surface area (TPSA) is 54.3 Å². The average molecular weight is 224 g/mol. The lowest BCUT2D eigenvalue weighted by atomic mass is 10.2. The van der Waals surface area contributed by atoms with Gasteiger partial charge < -0.3 is 15.0 Å². The molecule has 1 aromatic heterocycles. The Morgan fingerprint density at radius 3 is 2.62 bits per heavy atom. The van der Waals surface area contributed by atoms with Gasteiger partial charge in [-0.3, -0.25) is 4.79 Å². The summed E-state index contributed by atoms with van der Waals surface area (Å²) in [6, 6.07) is 2.19. The van der Waals surface area contributed by atoms with E-state index in [-0.39, 0.29) is 6.42 Å². The first kappa shape index (κ1) is 12.8. The van der Waals surface area contributed by atoms with E-state index in [1.54, 1.807) is 0 Å². The zero-order valence-electron chi connectivity index (χ0n) is 10.2. The first-order valence-corrected chi connectivity index (χ1v) is 5.56. The van der Waals surface area contributed by atoms with E-state index in [1.165, 1.54) is 17.0 Å². The normalized spacial score (nSPS) is 10.7. The third-order valence-electron chi connectivity index (χ3n) is 2.97. The Labute approximate surface area is 96.3 Å². The van der Waals surface area contributed by atoms with Crippen LogP contribution >= 0.6 is 0 Å². The fraction of sp³-hybridized carbons (Fsp3) is 0.583. The Kier molecular flexibility index (Phi) is 4.55. The smallest absolute Gasteiger partial charge is 0.304 e. The standard InChI is InChI=1S/C12H20N2O2/c1-9-8-11(10(2)14(9)3)4-6-13-7-5-12(15)16/h8,13H,4-7H2,1-3H3,(H,15,16). The molecule has 0 bridgehead atoms. The maximum Gasteiger partial charge on any atom is 0.304 e. The van der Waals surface area contributed by atoms with Crippen molar-refractivity contribution in [1.82, 2.24) is 9.88 Å². The van der Waals surface area contributed by atoms with Crippen molar-refractivity contribution in [3.05, 3.63) is 23.0 Å². The third kappa shape index (κ3) is 3.38. The van der Waals surface area contributed by atoms with Crippen molar-refractivity contribution >= 4 is 5.97 Å². The first-order chi connectivity index (χ1) is 7.52. The van der Waals surface area contributed by atoms with Crippen LogP contribution in [0.4, 0.5) is 0 Å². The molecule has 0 atom stereocenters. The molecule has 0 aliphatic rings. The van der Waals surface area contributed by atoms with Crippen molar-refractivity contribution in [2.45, 2.75) is 26.7 Å². The molecule has 0 fully saturated rings. The minimum Gasteiger partial charge on any atom is -0.481 e. The number of hydrogen-bond acceptors (Lipinski definition) is 2. The molecule has 0 aliphatic carbocycles. The Bertz CT molecular complexity index is 369. The SMILES string of the molecule is Cc1cc(CCNCCC(=O)O)c(C)n1C. The molecule has 1 aromatic rings. The number of carboxylic acids is 1. The Morgan fingerprint density at radius 2 is 2.12 bits per heavy atom. The number of aromatic nitrogens is 1. The summed E-state index contributed by atoms with van der Waals surface area (Å²) in [7, 11) is 2.06. The fourth-order valence-electron chi connectivity index (χ4n) is 1.73. The van der Waals surface area contributed by atoms with Crippen LogP contribution in [0.15, 0.2) is 6.07 Å². The summed E-state index contributed by atoms with van der Waals surface area (Å²) in [4.78, 5) is 10.3. The molecular weight excluding hydrogens is 204 g/mol. The molecule has 4 heteroatoms. The van der Waals surface area contributed by atoms with Crippen LogP contribution in [0.5, 0.6) is 0 Å². The summed E-state index contributed by atoms with van der Waals surface area (Å²) in [6.45, 7) is 5.58. The second-order valence-electron chi connectivity index (χ2n) is 4.10. The van der Waals surface area contributed by atoms with Gasteiger partial charge in [-0.2, -0.15) is 0 Å². The molecule has 0 radical (unpaired) electrons. The van der Waals surface area contributed by atoms with Crippen LogP contribution in [0.2, 0.25) is 0 Å². The van der Waals surface area contributed by atoms with Gasteiger partial charge >= 0.3 is 5.97 Å². The van der Waals surface area contributed by atoms with Crippen LogP contribution in [0.25, 0.3) is 0 Å². The van der Waals surface area contributed by atoms with E-state index in [2.05, 4.69) is 36.8 Å². The van der Waals surface area contributed by atoms with E-state index in [0.717, 1.165) is 13.0 Å². The van der Waals surface area contributed by atoms with Gasteiger partial charge in [0, 0.05) is 25.0 Å². The van der Waals surface area contributed by atoms with Crippen molar-refractivity contribution in [3.8, 4) is 0 Å². The van der Waals surface area contributed by atoms with Crippen molar-refractivity contribution in [1.29, 1.82) is 0 Å². The van der Waals surface area contributed by atoms with E-state index in [0.29, 0.717) is 6.54 Å². The highest BCUT2D eigenvalue weighted by molar-refractivity contribution is 5.66. The molecule has 1 rings (SSSR count). The molecule has 16 heavy (non-hydrogen) atoms. The molecule has 0 aliphatic heterocycles. The summed E-state index contributed by atoms with van der Waals surface area (Å²) in [5.74, 6) is -0.751. The van der Waals surface area contributed by atoms with Gasteiger partial charge in [-0.05, 0) is 38.4 Å². The average Bonchev–Trinajstić information content (AvgIpc) is 2.45. The lowest BCUT2D eigenvalue weighted by Crippen LogP contribution is -2.20. The van der Waals surface area contributed by atoms with Gasteiger partial charge in [0.15, 0.2) is 0 Å². The number of hydrogen-bond donors (Lipinski definition) is 2. The maximum absolute atomic E-state index is 10.3. The van der Waals surface area contributed by atoms with Crippen LogP contribution in [0, 0.1) is 13.8 Å². The molecule has 0 spiro atoms. The highest BCUT2D eigenvalue weighted by atomic mass is 16.4. The van der Waals surface area contributed by atoms with Crippen LogP contribution in [0.3, 0.4) is 0 Å². The van der Waals surface area contributed by atoms with E-state index < -0.39 is 5.97 Å². The lowest BCUT2D eigenvalue weighted by Gasteiger charge is -2.04. The van der Waals surface area contributed by atoms with Gasteiger partial charge in [0.05, 0.1) is 6.42 Å². The van der Waals surface area contributed by atoms with E-state index >= 15 is 0 Å². The molecule has 0 saturated heterocycles. The summed E-state index contributed by atoms with van der Waals surface area (Å²) in [5, 5.41) is 11.6. The zero-order valence-corrected chi connectivity index (χ0v) is 10.2. The number of carboxylic acid groups (broad SMARTS) is 1. The zero-order chi connectivity index (χ0) is 12.1. The van der Waals surface area contributed by atoms with Crippen LogP contribution in [0.1, 0.15) is 23.4 Å². The Morgan fingerprint density at radius 1 is 1.44 bits per heavy atom.